The molecule has 0 aliphatic carbocycles. The predicted octanol–water partition coefficient (Wildman–Crippen LogP) is 4.12. The lowest BCUT2D eigenvalue weighted by atomic mass is 10.4. The number of hydrogen-bond donors (Lipinski definition) is 1. The third kappa shape index (κ3) is 2.47. The molecular formula is C15H11N3OS3. The SMILES string of the molecule is O=C(NCc1cccs1)c1csc2nc(-c3cccs3)cn12. The Balaban J connectivity index is 1.60. The van der Waals surface area contributed by atoms with Gasteiger partial charge in [0.25, 0.3) is 5.91 Å². The normalized spacial score (nSPS) is 11.1. The van der Waals surface area contributed by atoms with Gasteiger partial charge >= 0.3 is 0 Å². The molecule has 0 spiro atoms. The molecule has 1 N–H and O–H groups in total. The molecule has 0 aromatic carbocycles. The number of rotatable bonds is 4. The summed E-state index contributed by atoms with van der Waals surface area (Å²) in [5, 5.41) is 8.84. The molecular weight excluding hydrogens is 334 g/mol. The van der Waals surface area contributed by atoms with Crippen LogP contribution in [0.2, 0.25) is 0 Å². The average Bonchev–Trinajstić information content (AvgIpc) is 3.27. The second-order valence-corrected chi connectivity index (χ2v) is 7.46. The standard InChI is InChI=1S/C15H11N3OS3/c19-14(16-7-10-3-1-5-20-10)12-9-22-15-17-11(8-18(12)15)13-4-2-6-21-13/h1-6,8-9H,7H2,(H,16,19). The second kappa shape index (κ2) is 5.68. The summed E-state index contributed by atoms with van der Waals surface area (Å²) in [6.07, 6.45) is 1.93. The van der Waals surface area contributed by atoms with E-state index >= 15 is 0 Å². The highest BCUT2D eigenvalue weighted by Crippen LogP contribution is 2.26. The van der Waals surface area contributed by atoms with Gasteiger partial charge in [-0.05, 0) is 22.9 Å². The van der Waals surface area contributed by atoms with E-state index in [1.165, 1.54) is 11.3 Å². The zero-order valence-corrected chi connectivity index (χ0v) is 13.8. The van der Waals surface area contributed by atoms with E-state index in [-0.39, 0.29) is 5.91 Å². The van der Waals surface area contributed by atoms with E-state index in [0.717, 1.165) is 20.4 Å². The van der Waals surface area contributed by atoms with Crippen LogP contribution in [0.3, 0.4) is 0 Å². The van der Waals surface area contributed by atoms with E-state index in [9.17, 15) is 4.79 Å². The highest BCUT2D eigenvalue weighted by Gasteiger charge is 2.15. The third-order valence-corrected chi connectivity index (χ3v) is 5.83. The van der Waals surface area contributed by atoms with Gasteiger partial charge in [0.2, 0.25) is 0 Å². The number of thiophene rings is 2. The molecule has 0 saturated carbocycles. The first-order valence-electron chi connectivity index (χ1n) is 6.62. The molecule has 7 heteroatoms. The molecule has 0 unspecified atom stereocenters. The lowest BCUT2D eigenvalue weighted by Crippen LogP contribution is -2.23. The van der Waals surface area contributed by atoms with Crippen LogP contribution in [0.1, 0.15) is 15.4 Å². The molecule has 0 bridgehead atoms. The number of nitrogens with one attached hydrogen (secondary N) is 1. The molecule has 0 radical (unpaired) electrons. The number of fused-ring (bicyclic) bond motifs is 1. The molecule has 0 saturated heterocycles. The van der Waals surface area contributed by atoms with Gasteiger partial charge in [-0.1, -0.05) is 12.1 Å². The van der Waals surface area contributed by atoms with Crippen molar-refractivity contribution < 1.29 is 4.79 Å². The summed E-state index contributed by atoms with van der Waals surface area (Å²) < 4.78 is 1.86. The molecule has 0 aliphatic heterocycles. The average molecular weight is 345 g/mol. The van der Waals surface area contributed by atoms with E-state index in [4.69, 9.17) is 0 Å². The molecule has 22 heavy (non-hydrogen) atoms. The van der Waals surface area contributed by atoms with Crippen molar-refractivity contribution in [1.29, 1.82) is 0 Å². The highest BCUT2D eigenvalue weighted by atomic mass is 32.1. The minimum Gasteiger partial charge on any atom is -0.346 e. The Morgan fingerprint density at radius 2 is 2.05 bits per heavy atom. The maximum atomic E-state index is 12.4. The number of hydrogen-bond acceptors (Lipinski definition) is 5. The minimum atomic E-state index is -0.0743. The summed E-state index contributed by atoms with van der Waals surface area (Å²) in [6.45, 7) is 0.556. The Labute approximate surface area is 138 Å². The van der Waals surface area contributed by atoms with Crippen molar-refractivity contribution in [3.05, 3.63) is 57.2 Å². The largest absolute Gasteiger partial charge is 0.346 e. The Bertz CT molecular complexity index is 903. The van der Waals surface area contributed by atoms with Crippen LogP contribution in [-0.4, -0.2) is 15.3 Å². The summed E-state index contributed by atoms with van der Waals surface area (Å²) in [5.74, 6) is -0.0743. The van der Waals surface area contributed by atoms with Crippen LogP contribution in [-0.2, 0) is 6.54 Å². The lowest BCUT2D eigenvalue weighted by molar-refractivity contribution is 0.0945. The molecule has 4 heterocycles. The van der Waals surface area contributed by atoms with Crippen molar-refractivity contribution in [3.8, 4) is 10.6 Å². The maximum absolute atomic E-state index is 12.4. The fourth-order valence-corrected chi connectivity index (χ4v) is 4.34. The van der Waals surface area contributed by atoms with E-state index in [1.54, 1.807) is 22.7 Å². The second-order valence-electron chi connectivity index (χ2n) is 4.64. The highest BCUT2D eigenvalue weighted by molar-refractivity contribution is 7.15. The van der Waals surface area contributed by atoms with Crippen molar-refractivity contribution in [3.63, 3.8) is 0 Å². The molecule has 0 atom stereocenters. The third-order valence-electron chi connectivity index (χ3n) is 3.22. The molecule has 0 fully saturated rings. The van der Waals surface area contributed by atoms with Gasteiger partial charge in [0.05, 0.1) is 11.4 Å². The van der Waals surface area contributed by atoms with Crippen LogP contribution in [0.5, 0.6) is 0 Å². The van der Waals surface area contributed by atoms with Crippen molar-refractivity contribution in [2.24, 2.45) is 0 Å². The predicted molar refractivity (Wildman–Crippen MR) is 91.9 cm³/mol. The van der Waals surface area contributed by atoms with Crippen molar-refractivity contribution in [2.75, 3.05) is 0 Å². The number of carbonyl (C=O) groups excluding carboxylic acids is 1. The van der Waals surface area contributed by atoms with E-state index in [0.29, 0.717) is 12.2 Å². The first-order chi connectivity index (χ1) is 10.8. The topological polar surface area (TPSA) is 46.4 Å². The van der Waals surface area contributed by atoms with Gasteiger partial charge in [-0.25, -0.2) is 4.98 Å². The first kappa shape index (κ1) is 13.7. The van der Waals surface area contributed by atoms with Crippen molar-refractivity contribution in [2.45, 2.75) is 6.54 Å². The number of aromatic nitrogens is 2. The van der Waals surface area contributed by atoms with Gasteiger partial charge < -0.3 is 5.32 Å². The zero-order valence-electron chi connectivity index (χ0n) is 11.4. The summed E-state index contributed by atoms with van der Waals surface area (Å²) in [4.78, 5) is 20.0. The number of amides is 1. The summed E-state index contributed by atoms with van der Waals surface area (Å²) in [5.41, 5.74) is 1.54. The van der Waals surface area contributed by atoms with Crippen LogP contribution in [0.25, 0.3) is 15.5 Å². The molecule has 1 amide bonds. The summed E-state index contributed by atoms with van der Waals surface area (Å²) >= 11 is 4.77. The fraction of sp³-hybridized carbons (Fsp3) is 0.0667. The molecule has 4 aromatic rings. The summed E-state index contributed by atoms with van der Waals surface area (Å²) in [7, 11) is 0. The number of carbonyl (C=O) groups is 1. The van der Waals surface area contributed by atoms with Gasteiger partial charge in [0.1, 0.15) is 11.4 Å². The van der Waals surface area contributed by atoms with Gasteiger partial charge in [0.15, 0.2) is 4.96 Å². The minimum absolute atomic E-state index is 0.0743. The van der Waals surface area contributed by atoms with Crippen LogP contribution in [0, 0.1) is 0 Å². The zero-order chi connectivity index (χ0) is 14.9. The van der Waals surface area contributed by atoms with Crippen LogP contribution < -0.4 is 5.32 Å². The Hall–Kier alpha value is -1.96. The molecule has 110 valence electrons. The van der Waals surface area contributed by atoms with Gasteiger partial charge in [-0.15, -0.1) is 34.0 Å². The molecule has 4 nitrogen and oxygen atoms in total. The monoisotopic (exact) mass is 345 g/mol. The molecule has 4 aromatic heterocycles. The van der Waals surface area contributed by atoms with Gasteiger partial charge in [0, 0.05) is 16.5 Å². The Morgan fingerprint density at radius 1 is 1.18 bits per heavy atom. The van der Waals surface area contributed by atoms with Crippen LogP contribution in [0.4, 0.5) is 0 Å². The van der Waals surface area contributed by atoms with E-state index in [2.05, 4.69) is 10.3 Å². The Kier molecular flexibility index (Phi) is 3.53. The lowest BCUT2D eigenvalue weighted by Gasteiger charge is -2.02. The number of thiazole rings is 1. The summed E-state index contributed by atoms with van der Waals surface area (Å²) in [6, 6.07) is 8.04. The molecule has 0 aliphatic rings. The van der Waals surface area contributed by atoms with Crippen LogP contribution in [0.15, 0.2) is 46.6 Å². The van der Waals surface area contributed by atoms with E-state index < -0.39 is 0 Å². The van der Waals surface area contributed by atoms with Crippen molar-refractivity contribution in [1.82, 2.24) is 14.7 Å². The maximum Gasteiger partial charge on any atom is 0.269 e. The van der Waals surface area contributed by atoms with E-state index in [1.807, 2.05) is 51.0 Å². The van der Waals surface area contributed by atoms with Crippen molar-refractivity contribution >= 4 is 44.9 Å². The van der Waals surface area contributed by atoms with Gasteiger partial charge in [-0.2, -0.15) is 0 Å². The Morgan fingerprint density at radius 3 is 2.82 bits per heavy atom. The number of imidazole rings is 1. The fourth-order valence-electron chi connectivity index (χ4n) is 2.16. The smallest absolute Gasteiger partial charge is 0.269 e. The van der Waals surface area contributed by atoms with Gasteiger partial charge in [-0.3, -0.25) is 9.20 Å². The van der Waals surface area contributed by atoms with Crippen LogP contribution >= 0.6 is 34.0 Å². The number of nitrogens with zero attached hydrogens (tertiary/aromatic N) is 2. The molecule has 4 rings (SSSR count). The first-order valence-corrected chi connectivity index (χ1v) is 9.26. The quantitative estimate of drug-likeness (QED) is 0.605.